The molecule has 3 amide bonds. The largest absolute Gasteiger partial charge is 0.497 e. The molecule has 0 unspecified atom stereocenters. The molecule has 2 bridgehead atoms. The zero-order valence-corrected chi connectivity index (χ0v) is 21.9. The summed E-state index contributed by atoms with van der Waals surface area (Å²) in [5, 5.41) is 3.95. The number of aromatic amines is 1. The van der Waals surface area contributed by atoms with Gasteiger partial charge >= 0.3 is 0 Å². The number of carbonyl (C=O) groups excluding carboxylic acids is 3. The van der Waals surface area contributed by atoms with Gasteiger partial charge < -0.3 is 24.8 Å². The van der Waals surface area contributed by atoms with Crippen LogP contribution in [0.2, 0.25) is 0 Å². The fourth-order valence-corrected chi connectivity index (χ4v) is 5.63. The molecule has 0 radical (unpaired) electrons. The number of likely N-dealkylation sites (tertiary alicyclic amines) is 2. The summed E-state index contributed by atoms with van der Waals surface area (Å²) in [7, 11) is 1.59. The number of hydrogen-bond acceptors (Lipinski definition) is 4. The van der Waals surface area contributed by atoms with Gasteiger partial charge in [0.15, 0.2) is 0 Å². The first kappa shape index (κ1) is 24.9. The Morgan fingerprint density at radius 2 is 1.65 bits per heavy atom. The van der Waals surface area contributed by atoms with Gasteiger partial charge in [0.1, 0.15) is 17.5 Å². The lowest BCUT2D eigenvalue weighted by Gasteiger charge is -2.39. The van der Waals surface area contributed by atoms with Crippen molar-refractivity contribution >= 4 is 28.6 Å². The highest BCUT2D eigenvalue weighted by Crippen LogP contribution is 2.38. The number of H-pyrrole nitrogens is 1. The average molecular weight is 503 g/mol. The first-order valence-corrected chi connectivity index (χ1v) is 12.7. The van der Waals surface area contributed by atoms with Crippen LogP contribution in [0.5, 0.6) is 5.75 Å². The topological polar surface area (TPSA) is 94.7 Å². The van der Waals surface area contributed by atoms with Crippen molar-refractivity contribution in [1.82, 2.24) is 20.1 Å². The Labute approximate surface area is 217 Å². The molecular formula is C29H34N4O4. The van der Waals surface area contributed by atoms with E-state index in [0.717, 1.165) is 10.9 Å². The quantitative estimate of drug-likeness (QED) is 0.556. The SMILES string of the molecule is COc1ccc(C(=O)N2C[C@@H]3[C@H](C)[C@H]2CN3C(=O)[C@@H](NC(=O)c2cc3ccccc3[nH]2)C(C)(C)C)cc1. The summed E-state index contributed by atoms with van der Waals surface area (Å²) in [5.41, 5.74) is 1.41. The highest BCUT2D eigenvalue weighted by molar-refractivity contribution is 6.00. The minimum Gasteiger partial charge on any atom is -0.497 e. The molecule has 1 aromatic heterocycles. The number of nitrogens with zero attached hydrogens (tertiary/aromatic N) is 2. The summed E-state index contributed by atoms with van der Waals surface area (Å²) in [5.74, 6) is 0.406. The number of carbonyl (C=O) groups is 3. The summed E-state index contributed by atoms with van der Waals surface area (Å²) in [6.45, 7) is 8.91. The number of hydrogen-bond donors (Lipinski definition) is 2. The van der Waals surface area contributed by atoms with Crippen LogP contribution in [0.1, 0.15) is 48.5 Å². The van der Waals surface area contributed by atoms with E-state index < -0.39 is 11.5 Å². The molecule has 3 heterocycles. The van der Waals surface area contributed by atoms with Crippen LogP contribution in [0.4, 0.5) is 0 Å². The van der Waals surface area contributed by atoms with E-state index in [-0.39, 0.29) is 35.7 Å². The van der Waals surface area contributed by atoms with Crippen molar-refractivity contribution in [3.63, 3.8) is 0 Å². The van der Waals surface area contributed by atoms with Gasteiger partial charge in [-0.3, -0.25) is 14.4 Å². The Morgan fingerprint density at radius 1 is 1.00 bits per heavy atom. The normalized spacial score (nSPS) is 21.8. The maximum Gasteiger partial charge on any atom is 0.268 e. The van der Waals surface area contributed by atoms with Gasteiger partial charge in [-0.25, -0.2) is 0 Å². The molecule has 2 fully saturated rings. The van der Waals surface area contributed by atoms with Gasteiger partial charge in [-0.1, -0.05) is 45.9 Å². The highest BCUT2D eigenvalue weighted by Gasteiger charge is 2.54. The third-order valence-electron chi connectivity index (χ3n) is 7.83. The van der Waals surface area contributed by atoms with Crippen LogP contribution >= 0.6 is 0 Å². The van der Waals surface area contributed by atoms with E-state index in [1.165, 1.54) is 0 Å². The van der Waals surface area contributed by atoms with Crippen LogP contribution in [0.15, 0.2) is 54.6 Å². The molecule has 2 saturated heterocycles. The Morgan fingerprint density at radius 3 is 2.24 bits per heavy atom. The monoisotopic (exact) mass is 502 g/mol. The molecule has 8 heteroatoms. The molecule has 37 heavy (non-hydrogen) atoms. The van der Waals surface area contributed by atoms with Gasteiger partial charge in [-0.15, -0.1) is 0 Å². The number of para-hydroxylation sites is 1. The standard InChI is InChI=1S/C29H34N4O4/c1-17-23-16-33(24(17)15-32(23)27(35)18-10-12-20(37-5)13-11-18)28(36)25(29(2,3)4)31-26(34)22-14-19-8-6-7-9-21(19)30-22/h6-14,17,23-25,30H,15-16H2,1-5H3,(H,31,34)/t17-,23-,24-,25-/m1/s1. The maximum atomic E-state index is 13.9. The van der Waals surface area contributed by atoms with Crippen LogP contribution in [0.3, 0.4) is 0 Å². The lowest BCUT2D eigenvalue weighted by Crippen LogP contribution is -2.59. The van der Waals surface area contributed by atoms with Gasteiger partial charge in [0, 0.05) is 35.5 Å². The summed E-state index contributed by atoms with van der Waals surface area (Å²) in [6.07, 6.45) is 0. The molecule has 5 rings (SSSR count). The molecular weight excluding hydrogens is 468 g/mol. The number of methoxy groups -OCH3 is 1. The lowest BCUT2D eigenvalue weighted by molar-refractivity contribution is -0.138. The van der Waals surface area contributed by atoms with Crippen LogP contribution in [-0.2, 0) is 4.79 Å². The Kier molecular flexibility index (Phi) is 6.22. The van der Waals surface area contributed by atoms with Gasteiger partial charge in [0.05, 0.1) is 19.2 Å². The van der Waals surface area contributed by atoms with E-state index in [0.29, 0.717) is 30.1 Å². The molecule has 2 aliphatic heterocycles. The number of rotatable bonds is 5. The predicted molar refractivity (Wildman–Crippen MR) is 141 cm³/mol. The second kappa shape index (κ2) is 9.25. The van der Waals surface area contributed by atoms with Gasteiger partial charge in [0.25, 0.3) is 11.8 Å². The minimum absolute atomic E-state index is 0.0337. The molecule has 0 spiro atoms. The van der Waals surface area contributed by atoms with Crippen LogP contribution in [0.25, 0.3) is 10.9 Å². The van der Waals surface area contributed by atoms with E-state index >= 15 is 0 Å². The lowest BCUT2D eigenvalue weighted by atomic mass is 9.85. The number of benzene rings is 2. The van der Waals surface area contributed by atoms with E-state index in [9.17, 15) is 14.4 Å². The third-order valence-corrected chi connectivity index (χ3v) is 7.83. The predicted octanol–water partition coefficient (Wildman–Crippen LogP) is 3.69. The van der Waals surface area contributed by atoms with E-state index in [4.69, 9.17) is 4.74 Å². The van der Waals surface area contributed by atoms with Gasteiger partial charge in [-0.2, -0.15) is 0 Å². The third kappa shape index (κ3) is 4.45. The Hall–Kier alpha value is -3.81. The molecule has 0 saturated carbocycles. The van der Waals surface area contributed by atoms with E-state index in [1.54, 1.807) is 37.4 Å². The molecule has 2 aliphatic rings. The fourth-order valence-electron chi connectivity index (χ4n) is 5.63. The van der Waals surface area contributed by atoms with Crippen molar-refractivity contribution in [2.45, 2.75) is 45.8 Å². The zero-order valence-electron chi connectivity index (χ0n) is 21.9. The minimum atomic E-state index is -0.705. The van der Waals surface area contributed by atoms with E-state index in [1.807, 2.05) is 54.8 Å². The van der Waals surface area contributed by atoms with Crippen LogP contribution in [0, 0.1) is 11.3 Å². The molecule has 0 aliphatic carbocycles. The van der Waals surface area contributed by atoms with Gasteiger partial charge in [0.2, 0.25) is 5.91 Å². The number of ether oxygens (including phenoxy) is 1. The van der Waals surface area contributed by atoms with Crippen LogP contribution in [-0.4, -0.2) is 70.8 Å². The molecule has 2 aromatic carbocycles. The summed E-state index contributed by atoms with van der Waals surface area (Å²) < 4.78 is 5.20. The fraction of sp³-hybridized carbons (Fsp3) is 0.414. The van der Waals surface area contributed by atoms with Crippen molar-refractivity contribution < 1.29 is 19.1 Å². The molecule has 8 nitrogen and oxygen atoms in total. The second-order valence-electron chi connectivity index (χ2n) is 11.2. The summed E-state index contributed by atoms with van der Waals surface area (Å²) >= 11 is 0. The average Bonchev–Trinajstić information content (AvgIpc) is 3.56. The van der Waals surface area contributed by atoms with Crippen molar-refractivity contribution in [2.75, 3.05) is 20.2 Å². The number of nitrogens with one attached hydrogen (secondary N) is 2. The number of amides is 3. The highest BCUT2D eigenvalue weighted by atomic mass is 16.5. The molecule has 3 aromatic rings. The molecule has 2 N–H and O–H groups in total. The molecule has 4 atom stereocenters. The maximum absolute atomic E-state index is 13.9. The zero-order chi connectivity index (χ0) is 26.5. The number of fused-ring (bicyclic) bond motifs is 3. The van der Waals surface area contributed by atoms with Crippen molar-refractivity contribution in [1.29, 1.82) is 0 Å². The van der Waals surface area contributed by atoms with Gasteiger partial charge in [-0.05, 0) is 41.8 Å². The first-order valence-electron chi connectivity index (χ1n) is 12.7. The Bertz CT molecular complexity index is 1310. The first-order chi connectivity index (χ1) is 17.6. The van der Waals surface area contributed by atoms with Crippen LogP contribution < -0.4 is 10.1 Å². The second-order valence-corrected chi connectivity index (χ2v) is 11.2. The van der Waals surface area contributed by atoms with Crippen molar-refractivity contribution in [3.05, 3.63) is 65.9 Å². The Balaban J connectivity index is 1.31. The van der Waals surface area contributed by atoms with Crippen molar-refractivity contribution in [2.24, 2.45) is 11.3 Å². The number of aromatic nitrogens is 1. The smallest absolute Gasteiger partial charge is 0.268 e. The summed E-state index contributed by atoms with van der Waals surface area (Å²) in [6, 6.07) is 15.8. The number of piperazine rings is 1. The molecule has 194 valence electrons. The summed E-state index contributed by atoms with van der Waals surface area (Å²) in [4.78, 5) is 47.2. The van der Waals surface area contributed by atoms with E-state index in [2.05, 4.69) is 17.2 Å². The van der Waals surface area contributed by atoms with Crippen molar-refractivity contribution in [3.8, 4) is 5.75 Å².